The molecule has 0 saturated carbocycles. The van der Waals surface area contributed by atoms with Gasteiger partial charge in [0.25, 0.3) is 0 Å². The predicted octanol–water partition coefficient (Wildman–Crippen LogP) is 2.36. The third-order valence-corrected chi connectivity index (χ3v) is 6.79. The van der Waals surface area contributed by atoms with Crippen LogP contribution < -0.4 is 16.0 Å². The van der Waals surface area contributed by atoms with Crippen molar-refractivity contribution < 1.29 is 14.4 Å². The fourth-order valence-corrected chi connectivity index (χ4v) is 4.78. The molecular weight excluding hydrogens is 418 g/mol. The van der Waals surface area contributed by atoms with Crippen LogP contribution in [0.15, 0.2) is 42.6 Å². The van der Waals surface area contributed by atoms with Gasteiger partial charge in [-0.1, -0.05) is 26.0 Å². The second-order valence-electron chi connectivity index (χ2n) is 8.78. The van der Waals surface area contributed by atoms with Crippen LogP contribution in [0.1, 0.15) is 37.8 Å². The maximum Gasteiger partial charge on any atom is 0.243 e. The van der Waals surface area contributed by atoms with Crippen LogP contribution in [0, 0.1) is 5.92 Å². The minimum absolute atomic E-state index is 0.00962. The van der Waals surface area contributed by atoms with Crippen LogP contribution in [0.25, 0.3) is 0 Å². The number of hydrogen-bond donors (Lipinski definition) is 3. The molecule has 0 spiro atoms. The summed E-state index contributed by atoms with van der Waals surface area (Å²) < 4.78 is 0. The summed E-state index contributed by atoms with van der Waals surface area (Å²) in [5, 5.41) is 9.12. The van der Waals surface area contributed by atoms with E-state index in [1.54, 1.807) is 23.2 Å². The lowest BCUT2D eigenvalue weighted by Crippen LogP contribution is -2.64. The van der Waals surface area contributed by atoms with E-state index in [-0.39, 0.29) is 30.2 Å². The summed E-state index contributed by atoms with van der Waals surface area (Å²) in [6.45, 7) is 5.22. The highest BCUT2D eigenvalue weighted by molar-refractivity contribution is 5.97. The number of hydrogen-bond acceptors (Lipinski definition) is 5. The minimum atomic E-state index is -0.572. The van der Waals surface area contributed by atoms with Crippen LogP contribution >= 0.6 is 0 Å². The Morgan fingerprint density at radius 1 is 1.12 bits per heavy atom. The van der Waals surface area contributed by atoms with Gasteiger partial charge >= 0.3 is 0 Å². The molecule has 2 aromatic rings. The van der Waals surface area contributed by atoms with Gasteiger partial charge in [-0.2, -0.15) is 0 Å². The first-order valence-electron chi connectivity index (χ1n) is 11.6. The molecular formula is C25H31N5O3. The molecule has 2 aliphatic rings. The molecule has 1 aliphatic carbocycles. The van der Waals surface area contributed by atoms with Crippen molar-refractivity contribution in [3.8, 4) is 0 Å². The van der Waals surface area contributed by atoms with Gasteiger partial charge in [-0.05, 0) is 61.1 Å². The van der Waals surface area contributed by atoms with E-state index in [1.165, 1.54) is 0 Å². The Morgan fingerprint density at radius 3 is 2.64 bits per heavy atom. The Bertz CT molecular complexity index is 1040. The molecule has 1 saturated heterocycles. The molecule has 1 aromatic heterocycles. The van der Waals surface area contributed by atoms with E-state index in [4.69, 9.17) is 0 Å². The SMILES string of the molecule is CCC1(CC)NCCN(CC(=O)Nc2ccc3c(c2)CC(C(=O)Nc2ccccn2)C3)C1=O. The van der Waals surface area contributed by atoms with E-state index in [2.05, 4.69) is 20.9 Å². The van der Waals surface area contributed by atoms with Crippen molar-refractivity contribution >= 4 is 29.2 Å². The number of nitrogens with one attached hydrogen (secondary N) is 3. The zero-order valence-electron chi connectivity index (χ0n) is 19.2. The van der Waals surface area contributed by atoms with Gasteiger partial charge in [0.15, 0.2) is 0 Å². The lowest BCUT2D eigenvalue weighted by atomic mass is 9.89. The molecule has 1 aromatic carbocycles. The maximum absolute atomic E-state index is 12.9. The highest BCUT2D eigenvalue weighted by Gasteiger charge is 2.41. The van der Waals surface area contributed by atoms with Crippen molar-refractivity contribution in [2.45, 2.75) is 45.1 Å². The van der Waals surface area contributed by atoms with Gasteiger partial charge in [0.2, 0.25) is 17.7 Å². The molecule has 3 N–H and O–H groups in total. The van der Waals surface area contributed by atoms with E-state index < -0.39 is 5.54 Å². The van der Waals surface area contributed by atoms with Crippen LogP contribution in [0.4, 0.5) is 11.5 Å². The average molecular weight is 450 g/mol. The first-order valence-corrected chi connectivity index (χ1v) is 11.6. The van der Waals surface area contributed by atoms with E-state index in [0.29, 0.717) is 50.3 Å². The summed E-state index contributed by atoms with van der Waals surface area (Å²) in [6.07, 6.45) is 4.31. The summed E-state index contributed by atoms with van der Waals surface area (Å²) in [5.41, 5.74) is 2.28. The van der Waals surface area contributed by atoms with Crippen LogP contribution in [0.3, 0.4) is 0 Å². The Morgan fingerprint density at radius 2 is 1.91 bits per heavy atom. The molecule has 1 unspecified atom stereocenters. The zero-order valence-corrected chi connectivity index (χ0v) is 19.2. The molecule has 8 nitrogen and oxygen atoms in total. The van der Waals surface area contributed by atoms with Crippen molar-refractivity contribution in [3.63, 3.8) is 0 Å². The molecule has 1 fully saturated rings. The third kappa shape index (κ3) is 4.90. The first kappa shape index (κ1) is 22.9. The molecule has 8 heteroatoms. The van der Waals surface area contributed by atoms with E-state index in [1.807, 2.05) is 38.1 Å². The highest BCUT2D eigenvalue weighted by Crippen LogP contribution is 2.30. The third-order valence-electron chi connectivity index (χ3n) is 6.79. The molecule has 4 rings (SSSR count). The zero-order chi connectivity index (χ0) is 23.4. The number of pyridine rings is 1. The lowest BCUT2D eigenvalue weighted by Gasteiger charge is -2.41. The summed E-state index contributed by atoms with van der Waals surface area (Å²) >= 11 is 0. The van der Waals surface area contributed by atoms with Crippen molar-refractivity contribution in [1.29, 1.82) is 0 Å². The first-order chi connectivity index (χ1) is 15.9. The average Bonchev–Trinajstić information content (AvgIpc) is 3.25. The molecule has 2 heterocycles. The molecule has 1 aliphatic heterocycles. The number of anilines is 2. The maximum atomic E-state index is 12.9. The number of nitrogens with zero attached hydrogens (tertiary/aromatic N) is 2. The molecule has 3 amide bonds. The number of benzene rings is 1. The van der Waals surface area contributed by atoms with Gasteiger partial charge in [0.05, 0.1) is 12.1 Å². The Hall–Kier alpha value is -3.26. The lowest BCUT2D eigenvalue weighted by molar-refractivity contribution is -0.144. The fraction of sp³-hybridized carbons (Fsp3) is 0.440. The molecule has 174 valence electrons. The van der Waals surface area contributed by atoms with Crippen LogP contribution in [0.5, 0.6) is 0 Å². The molecule has 33 heavy (non-hydrogen) atoms. The molecule has 0 bridgehead atoms. The number of carbonyl (C=O) groups is 3. The number of rotatable bonds is 7. The number of piperazine rings is 1. The van der Waals surface area contributed by atoms with Crippen molar-refractivity contribution in [2.24, 2.45) is 5.92 Å². The van der Waals surface area contributed by atoms with Gasteiger partial charge in [-0.15, -0.1) is 0 Å². The monoisotopic (exact) mass is 449 g/mol. The fourth-order valence-electron chi connectivity index (χ4n) is 4.78. The normalized spacial score (nSPS) is 19.2. The van der Waals surface area contributed by atoms with Crippen molar-refractivity contribution in [3.05, 3.63) is 53.7 Å². The summed E-state index contributed by atoms with van der Waals surface area (Å²) in [6, 6.07) is 11.2. The standard InChI is InChI=1S/C25H31N5O3/c1-3-25(4-2)24(33)30(12-11-27-25)16-22(31)28-20-9-8-17-13-19(14-18(17)15-20)23(32)29-21-7-5-6-10-26-21/h5-10,15,19,27H,3-4,11-14,16H2,1-2H3,(H,28,31)(H,26,29,32). The highest BCUT2D eigenvalue weighted by atomic mass is 16.2. The topological polar surface area (TPSA) is 103 Å². The number of amides is 3. The minimum Gasteiger partial charge on any atom is -0.330 e. The predicted molar refractivity (Wildman–Crippen MR) is 127 cm³/mol. The number of aromatic nitrogens is 1. The second kappa shape index (κ2) is 9.70. The van der Waals surface area contributed by atoms with Crippen molar-refractivity contribution in [2.75, 3.05) is 30.3 Å². The van der Waals surface area contributed by atoms with Gasteiger partial charge < -0.3 is 20.9 Å². The largest absolute Gasteiger partial charge is 0.330 e. The van der Waals surface area contributed by atoms with Gasteiger partial charge in [0.1, 0.15) is 5.82 Å². The van der Waals surface area contributed by atoms with Gasteiger partial charge in [-0.3, -0.25) is 14.4 Å². The summed E-state index contributed by atoms with van der Waals surface area (Å²) in [5.74, 6) is 0.105. The molecule has 1 atom stereocenters. The quantitative estimate of drug-likeness (QED) is 0.602. The Kier molecular flexibility index (Phi) is 6.74. The second-order valence-corrected chi connectivity index (χ2v) is 8.78. The van der Waals surface area contributed by atoms with Gasteiger partial charge in [-0.25, -0.2) is 4.98 Å². The van der Waals surface area contributed by atoms with E-state index in [0.717, 1.165) is 11.1 Å². The van der Waals surface area contributed by atoms with E-state index in [9.17, 15) is 14.4 Å². The van der Waals surface area contributed by atoms with Gasteiger partial charge in [0, 0.05) is 30.9 Å². The number of fused-ring (bicyclic) bond motifs is 1. The Labute approximate surface area is 194 Å². The number of carbonyl (C=O) groups excluding carboxylic acids is 3. The summed E-state index contributed by atoms with van der Waals surface area (Å²) in [7, 11) is 0. The smallest absolute Gasteiger partial charge is 0.243 e. The van der Waals surface area contributed by atoms with E-state index >= 15 is 0 Å². The van der Waals surface area contributed by atoms with Crippen LogP contribution in [-0.4, -0.2) is 52.8 Å². The van der Waals surface area contributed by atoms with Crippen LogP contribution in [-0.2, 0) is 27.2 Å². The summed E-state index contributed by atoms with van der Waals surface area (Å²) in [4.78, 5) is 44.0. The molecule has 0 radical (unpaired) electrons. The Balaban J connectivity index is 1.35. The van der Waals surface area contributed by atoms with Crippen LogP contribution in [0.2, 0.25) is 0 Å². The van der Waals surface area contributed by atoms with Crippen molar-refractivity contribution in [1.82, 2.24) is 15.2 Å².